The lowest BCUT2D eigenvalue weighted by Crippen LogP contribution is -2.29. The second-order valence-electron chi connectivity index (χ2n) is 7.19. The van der Waals surface area contributed by atoms with E-state index in [0.717, 1.165) is 31.3 Å². The molecule has 2 fully saturated rings. The molecule has 3 atom stereocenters. The Bertz CT molecular complexity index is 497. The molecule has 1 saturated carbocycles. The first kappa shape index (κ1) is 13.4. The summed E-state index contributed by atoms with van der Waals surface area (Å²) in [5.74, 6) is 3.30. The molecule has 0 spiro atoms. The van der Waals surface area contributed by atoms with Crippen molar-refractivity contribution in [2.45, 2.75) is 26.8 Å². The van der Waals surface area contributed by atoms with E-state index in [9.17, 15) is 0 Å². The van der Waals surface area contributed by atoms with Crippen LogP contribution >= 0.6 is 0 Å². The van der Waals surface area contributed by atoms with Crippen molar-refractivity contribution in [1.29, 1.82) is 0 Å². The van der Waals surface area contributed by atoms with Crippen molar-refractivity contribution in [3.63, 3.8) is 0 Å². The molecule has 1 aromatic rings. The Morgan fingerprint density at radius 1 is 1.30 bits per heavy atom. The van der Waals surface area contributed by atoms with Crippen molar-refractivity contribution in [2.24, 2.45) is 23.0 Å². The molecule has 2 heterocycles. The fourth-order valence-corrected chi connectivity index (χ4v) is 2.82. The molecule has 2 aliphatic rings. The molecule has 1 aromatic heterocycles. The summed E-state index contributed by atoms with van der Waals surface area (Å²) in [6, 6.07) is 2.38. The molecule has 0 amide bonds. The topological polar surface area (TPSA) is 93.1 Å². The van der Waals surface area contributed by atoms with Gasteiger partial charge in [0.15, 0.2) is 0 Å². The summed E-state index contributed by atoms with van der Waals surface area (Å²) in [7, 11) is 0. The van der Waals surface area contributed by atoms with Crippen LogP contribution in [0.4, 0.5) is 17.6 Å². The number of aromatic nitrogens is 2. The highest BCUT2D eigenvalue weighted by atomic mass is 15.3. The number of nitrogens with one attached hydrogen (secondary N) is 1. The number of anilines is 3. The highest BCUT2D eigenvalue weighted by molar-refractivity contribution is 5.54. The average Bonchev–Trinajstić information content (AvgIpc) is 2.78. The zero-order chi connectivity index (χ0) is 14.5. The second kappa shape index (κ2) is 4.48. The fourth-order valence-electron chi connectivity index (χ4n) is 2.82. The van der Waals surface area contributed by atoms with Crippen molar-refractivity contribution >= 4 is 17.6 Å². The van der Waals surface area contributed by atoms with Crippen LogP contribution in [0.2, 0.25) is 0 Å². The van der Waals surface area contributed by atoms with Crippen LogP contribution in [0.3, 0.4) is 0 Å². The molecule has 6 heteroatoms. The zero-order valence-electron chi connectivity index (χ0n) is 12.4. The van der Waals surface area contributed by atoms with Gasteiger partial charge >= 0.3 is 0 Å². The van der Waals surface area contributed by atoms with Crippen LogP contribution in [0.25, 0.3) is 0 Å². The number of hydrogen-bond acceptors (Lipinski definition) is 6. The van der Waals surface area contributed by atoms with Gasteiger partial charge < -0.3 is 21.7 Å². The van der Waals surface area contributed by atoms with Crippen molar-refractivity contribution < 1.29 is 0 Å². The Kier molecular flexibility index (Phi) is 3.01. The molecule has 1 aliphatic carbocycles. The molecule has 0 radical (unpaired) electrons. The van der Waals surface area contributed by atoms with Gasteiger partial charge in [-0.2, -0.15) is 9.97 Å². The van der Waals surface area contributed by atoms with Crippen molar-refractivity contribution in [3.8, 4) is 0 Å². The summed E-state index contributed by atoms with van der Waals surface area (Å²) in [6.07, 6.45) is 0. The summed E-state index contributed by atoms with van der Waals surface area (Å²) < 4.78 is 0. The molecule has 1 aliphatic heterocycles. The standard InChI is InChI=1S/C14H24N6/c1-14(2,3)7-17-10-4-11(19-13(16)18-10)20-5-8-9(6-20)12(8)15/h4,8-9,12H,5-7,15H2,1-3H3,(H3,16,17,18,19)/t8-,9+,12?. The first-order valence-corrected chi connectivity index (χ1v) is 7.22. The van der Waals surface area contributed by atoms with Crippen LogP contribution in [-0.2, 0) is 0 Å². The third kappa shape index (κ3) is 2.65. The third-order valence-electron chi connectivity index (χ3n) is 4.11. The highest BCUT2D eigenvalue weighted by Crippen LogP contribution is 2.45. The fraction of sp³-hybridized carbons (Fsp3) is 0.714. The van der Waals surface area contributed by atoms with Gasteiger partial charge in [-0.1, -0.05) is 20.8 Å². The van der Waals surface area contributed by atoms with E-state index in [0.29, 0.717) is 23.8 Å². The van der Waals surface area contributed by atoms with Gasteiger partial charge in [0.1, 0.15) is 11.6 Å². The predicted molar refractivity (Wildman–Crippen MR) is 81.6 cm³/mol. The average molecular weight is 276 g/mol. The van der Waals surface area contributed by atoms with Crippen molar-refractivity contribution in [2.75, 3.05) is 35.6 Å². The summed E-state index contributed by atoms with van der Waals surface area (Å²) in [5.41, 5.74) is 12.0. The highest BCUT2D eigenvalue weighted by Gasteiger charge is 2.53. The smallest absolute Gasteiger partial charge is 0.223 e. The van der Waals surface area contributed by atoms with E-state index >= 15 is 0 Å². The Balaban J connectivity index is 1.71. The van der Waals surface area contributed by atoms with Crippen molar-refractivity contribution in [1.82, 2.24) is 9.97 Å². The van der Waals surface area contributed by atoms with E-state index in [4.69, 9.17) is 11.5 Å². The van der Waals surface area contributed by atoms with E-state index in [1.165, 1.54) is 0 Å². The molecule has 0 aromatic carbocycles. The normalized spacial score (nSPS) is 28.4. The molecule has 6 nitrogen and oxygen atoms in total. The number of rotatable bonds is 3. The van der Waals surface area contributed by atoms with Crippen molar-refractivity contribution in [3.05, 3.63) is 6.07 Å². The first-order valence-electron chi connectivity index (χ1n) is 7.22. The maximum absolute atomic E-state index is 5.97. The Labute approximate surface area is 119 Å². The minimum atomic E-state index is 0.196. The van der Waals surface area contributed by atoms with Crippen LogP contribution in [0.5, 0.6) is 0 Å². The van der Waals surface area contributed by atoms with E-state index in [1.54, 1.807) is 0 Å². The number of hydrogen-bond donors (Lipinski definition) is 3. The monoisotopic (exact) mass is 276 g/mol. The van der Waals surface area contributed by atoms with Gasteiger partial charge in [-0.05, 0) is 17.3 Å². The first-order chi connectivity index (χ1) is 9.33. The largest absolute Gasteiger partial charge is 0.369 e. The summed E-state index contributed by atoms with van der Waals surface area (Å²) in [5, 5.41) is 3.34. The Hall–Kier alpha value is -1.56. The number of fused-ring (bicyclic) bond motifs is 1. The van der Waals surface area contributed by atoms with Crippen LogP contribution in [0, 0.1) is 17.3 Å². The molecular weight excluding hydrogens is 252 g/mol. The maximum atomic E-state index is 5.97. The minimum absolute atomic E-state index is 0.196. The number of nitrogens with two attached hydrogens (primary N) is 2. The van der Waals surface area contributed by atoms with Gasteiger partial charge in [0.2, 0.25) is 5.95 Å². The summed E-state index contributed by atoms with van der Waals surface area (Å²) >= 11 is 0. The molecule has 1 saturated heterocycles. The van der Waals surface area contributed by atoms with Gasteiger partial charge in [0, 0.05) is 31.7 Å². The third-order valence-corrected chi connectivity index (χ3v) is 4.11. The number of piperidine rings is 1. The van der Waals surface area contributed by atoms with E-state index in [-0.39, 0.29) is 5.41 Å². The van der Waals surface area contributed by atoms with E-state index in [2.05, 4.69) is 41.0 Å². The lowest BCUT2D eigenvalue weighted by Gasteiger charge is -2.22. The van der Waals surface area contributed by atoms with Gasteiger partial charge in [-0.25, -0.2) is 0 Å². The van der Waals surface area contributed by atoms with Gasteiger partial charge in [-0.15, -0.1) is 0 Å². The minimum Gasteiger partial charge on any atom is -0.369 e. The van der Waals surface area contributed by atoms with Crippen LogP contribution in [0.1, 0.15) is 20.8 Å². The van der Waals surface area contributed by atoms with Gasteiger partial charge in [0.05, 0.1) is 0 Å². The Morgan fingerprint density at radius 2 is 1.95 bits per heavy atom. The van der Waals surface area contributed by atoms with Gasteiger partial charge in [-0.3, -0.25) is 0 Å². The van der Waals surface area contributed by atoms with Gasteiger partial charge in [0.25, 0.3) is 0 Å². The van der Waals surface area contributed by atoms with Crippen LogP contribution in [-0.4, -0.2) is 35.6 Å². The lowest BCUT2D eigenvalue weighted by atomic mass is 9.97. The summed E-state index contributed by atoms with van der Waals surface area (Å²) in [6.45, 7) is 9.36. The lowest BCUT2D eigenvalue weighted by molar-refractivity contribution is 0.442. The molecule has 0 bridgehead atoms. The van der Waals surface area contributed by atoms with Crippen LogP contribution < -0.4 is 21.7 Å². The molecular formula is C14H24N6. The molecule has 20 heavy (non-hydrogen) atoms. The zero-order valence-corrected chi connectivity index (χ0v) is 12.4. The number of nitrogen functional groups attached to an aromatic ring is 1. The quantitative estimate of drug-likeness (QED) is 0.760. The molecule has 3 rings (SSSR count). The molecule has 5 N–H and O–H groups in total. The summed E-state index contributed by atoms with van der Waals surface area (Å²) in [4.78, 5) is 10.9. The second-order valence-corrected chi connectivity index (χ2v) is 7.19. The molecule has 1 unspecified atom stereocenters. The van der Waals surface area contributed by atoms with E-state index < -0.39 is 0 Å². The number of nitrogens with zero attached hydrogens (tertiary/aromatic N) is 3. The van der Waals surface area contributed by atoms with E-state index in [1.807, 2.05) is 6.07 Å². The Morgan fingerprint density at radius 3 is 2.55 bits per heavy atom. The maximum Gasteiger partial charge on any atom is 0.223 e. The van der Waals surface area contributed by atoms with Crippen LogP contribution in [0.15, 0.2) is 6.07 Å². The molecule has 110 valence electrons. The SMILES string of the molecule is CC(C)(C)CNc1cc(N2C[C@@H]3C(N)[C@@H]3C2)nc(N)n1. The predicted octanol–water partition coefficient (Wildman–Crippen LogP) is 0.910.